The Kier molecular flexibility index (Phi) is 3.54. The molecule has 0 spiro atoms. The summed E-state index contributed by atoms with van der Waals surface area (Å²) in [5, 5.41) is 3.86. The predicted octanol–water partition coefficient (Wildman–Crippen LogP) is -1.95. The maximum absolute atomic E-state index is 5.44. The van der Waals surface area contributed by atoms with Crippen LogP contribution >= 0.6 is 0 Å². The first kappa shape index (κ1) is 10.3. The molecule has 0 unspecified atom stereocenters. The van der Waals surface area contributed by atoms with Gasteiger partial charge in [-0.25, -0.2) is 0 Å². The number of nitrogens with zero attached hydrogens (tertiary/aromatic N) is 2. The van der Waals surface area contributed by atoms with Crippen molar-refractivity contribution in [1.29, 1.82) is 0 Å². The number of nitrogens with two attached hydrogens (primary N) is 1. The van der Waals surface area contributed by atoms with Crippen LogP contribution in [-0.4, -0.2) is 5.27 Å². The molecule has 0 saturated heterocycles. The van der Waals surface area contributed by atoms with Crippen LogP contribution in [0.25, 0.3) is 0 Å². The van der Waals surface area contributed by atoms with Crippen molar-refractivity contribution in [3.05, 3.63) is 6.20 Å². The highest BCUT2D eigenvalue weighted by molar-refractivity contribution is 5.11. The minimum absolute atomic E-state index is 0. The van der Waals surface area contributed by atoms with Crippen LogP contribution in [0.2, 0.25) is 0 Å². The van der Waals surface area contributed by atoms with Crippen molar-refractivity contribution in [3.63, 3.8) is 0 Å². The zero-order chi connectivity index (χ0) is 8.39. The highest BCUT2D eigenvalue weighted by Gasteiger charge is 2.25. The monoisotopic (exact) mass is 203 g/mol. The molecule has 74 valence electrons. The van der Waals surface area contributed by atoms with Crippen LogP contribution in [-0.2, 0) is 0 Å². The first-order valence-corrected chi connectivity index (χ1v) is 4.50. The lowest BCUT2D eigenvalue weighted by Crippen LogP contribution is -3.00. The Morgan fingerprint density at radius 3 is 2.62 bits per heavy atom. The Balaban J connectivity index is 0.000000845. The predicted molar refractivity (Wildman–Crippen MR) is 43.2 cm³/mol. The summed E-state index contributed by atoms with van der Waals surface area (Å²) >= 11 is 0. The van der Waals surface area contributed by atoms with Gasteiger partial charge in [0.15, 0.2) is 6.04 Å². The second-order valence-electron chi connectivity index (χ2n) is 3.38. The van der Waals surface area contributed by atoms with Gasteiger partial charge in [-0.1, -0.05) is 6.42 Å². The van der Waals surface area contributed by atoms with Crippen LogP contribution in [0, 0.1) is 0 Å². The normalized spacial score (nSPS) is 18.2. The quantitative estimate of drug-likeness (QED) is 0.540. The maximum atomic E-state index is 5.44. The van der Waals surface area contributed by atoms with Crippen molar-refractivity contribution in [2.75, 3.05) is 5.73 Å². The molecule has 0 aromatic carbocycles. The van der Waals surface area contributed by atoms with E-state index >= 15 is 0 Å². The lowest BCUT2D eigenvalue weighted by molar-refractivity contribution is -0.787. The van der Waals surface area contributed by atoms with Gasteiger partial charge >= 0.3 is 0 Å². The Morgan fingerprint density at radius 1 is 1.38 bits per heavy atom. The van der Waals surface area contributed by atoms with E-state index in [1.807, 2.05) is 4.68 Å². The van der Waals surface area contributed by atoms with Crippen LogP contribution in [0.1, 0.15) is 38.1 Å². The molecule has 1 fully saturated rings. The van der Waals surface area contributed by atoms with E-state index in [1.54, 1.807) is 6.20 Å². The summed E-state index contributed by atoms with van der Waals surface area (Å²) in [6, 6.07) is 0.514. The number of hydrogen-bond donors (Lipinski definition) is 1. The molecule has 4 nitrogen and oxygen atoms in total. The van der Waals surface area contributed by atoms with Crippen LogP contribution in [0.4, 0.5) is 5.88 Å². The summed E-state index contributed by atoms with van der Waals surface area (Å²) < 4.78 is 6.66. The average molecular weight is 204 g/mol. The highest BCUT2D eigenvalue weighted by atomic mass is 35.5. The molecular formula is C8H14ClN3O. The molecule has 13 heavy (non-hydrogen) atoms. The third-order valence-corrected chi connectivity index (χ3v) is 2.45. The van der Waals surface area contributed by atoms with E-state index in [2.05, 4.69) is 5.27 Å². The molecule has 2 N–H and O–H groups in total. The number of nitrogen functional groups attached to an aromatic ring is 1. The molecule has 1 aliphatic rings. The summed E-state index contributed by atoms with van der Waals surface area (Å²) in [6.07, 6.45) is 8.13. The fourth-order valence-corrected chi connectivity index (χ4v) is 1.79. The van der Waals surface area contributed by atoms with Gasteiger partial charge in [-0.3, -0.25) is 4.52 Å². The molecule has 1 heterocycles. The third-order valence-electron chi connectivity index (χ3n) is 2.45. The van der Waals surface area contributed by atoms with Gasteiger partial charge in [-0.05, 0) is 17.5 Å². The molecule has 1 aromatic rings. The van der Waals surface area contributed by atoms with Gasteiger partial charge < -0.3 is 18.1 Å². The van der Waals surface area contributed by atoms with Gasteiger partial charge in [0.25, 0.3) is 12.1 Å². The Bertz CT molecular complexity index is 258. The van der Waals surface area contributed by atoms with Gasteiger partial charge in [0.1, 0.15) is 0 Å². The van der Waals surface area contributed by atoms with Crippen LogP contribution in [0.15, 0.2) is 10.7 Å². The lowest BCUT2D eigenvalue weighted by Gasteiger charge is -2.12. The molecule has 1 aromatic heterocycles. The van der Waals surface area contributed by atoms with Crippen molar-refractivity contribution in [2.45, 2.75) is 38.1 Å². The van der Waals surface area contributed by atoms with E-state index in [0.29, 0.717) is 11.9 Å². The van der Waals surface area contributed by atoms with Crippen molar-refractivity contribution in [1.82, 2.24) is 5.27 Å². The van der Waals surface area contributed by atoms with E-state index in [-0.39, 0.29) is 12.4 Å². The van der Waals surface area contributed by atoms with E-state index in [9.17, 15) is 0 Å². The van der Waals surface area contributed by atoms with Gasteiger partial charge in [0, 0.05) is 12.8 Å². The minimum Gasteiger partial charge on any atom is -1.00 e. The van der Waals surface area contributed by atoms with Gasteiger partial charge in [0.05, 0.1) is 0 Å². The molecule has 1 saturated carbocycles. The molecule has 1 aliphatic carbocycles. The Morgan fingerprint density at radius 2 is 2.08 bits per heavy atom. The van der Waals surface area contributed by atoms with Crippen LogP contribution < -0.4 is 22.8 Å². The topological polar surface area (TPSA) is 55.9 Å². The smallest absolute Gasteiger partial charge is 0.293 e. The fourth-order valence-electron chi connectivity index (χ4n) is 1.79. The van der Waals surface area contributed by atoms with Crippen molar-refractivity contribution in [2.24, 2.45) is 0 Å². The first-order chi connectivity index (χ1) is 5.86. The SMILES string of the molecule is Nc1c[n+](C2CCCCC2)no1.[Cl-]. The van der Waals surface area contributed by atoms with E-state index in [0.717, 1.165) is 0 Å². The lowest BCUT2D eigenvalue weighted by atomic mass is 9.96. The Hall–Kier alpha value is -0.770. The average Bonchev–Trinajstić information content (AvgIpc) is 2.54. The van der Waals surface area contributed by atoms with Crippen LogP contribution in [0.5, 0.6) is 0 Å². The molecule has 0 atom stereocenters. The third kappa shape index (κ3) is 2.34. The Labute approximate surface area is 83.5 Å². The summed E-state index contributed by atoms with van der Waals surface area (Å²) in [5.41, 5.74) is 5.44. The van der Waals surface area contributed by atoms with Gasteiger partial charge in [-0.2, -0.15) is 0 Å². The number of aromatic nitrogens is 2. The fraction of sp³-hybridized carbons (Fsp3) is 0.750. The number of rotatable bonds is 1. The zero-order valence-corrected chi connectivity index (χ0v) is 8.20. The largest absolute Gasteiger partial charge is 1.00 e. The second-order valence-corrected chi connectivity index (χ2v) is 3.38. The minimum atomic E-state index is 0. The second kappa shape index (κ2) is 4.46. The molecule has 0 aliphatic heterocycles. The van der Waals surface area contributed by atoms with Gasteiger partial charge in [-0.15, -0.1) is 0 Å². The van der Waals surface area contributed by atoms with Gasteiger partial charge in [0.2, 0.25) is 5.27 Å². The number of hydrogen-bond acceptors (Lipinski definition) is 3. The van der Waals surface area contributed by atoms with Crippen molar-refractivity contribution < 1.29 is 21.6 Å². The molecule has 0 amide bonds. The van der Waals surface area contributed by atoms with Crippen molar-refractivity contribution >= 4 is 5.88 Å². The number of anilines is 1. The first-order valence-electron chi connectivity index (χ1n) is 4.50. The summed E-state index contributed by atoms with van der Waals surface area (Å²) in [5.74, 6) is 0.403. The molecule has 0 bridgehead atoms. The van der Waals surface area contributed by atoms with Crippen molar-refractivity contribution in [3.8, 4) is 0 Å². The standard InChI is InChI=1S/C8H14N3O.ClH/c9-8-6-11(10-12-8)7-4-2-1-3-5-7;/h6-7H,1-5,9H2;1H/q+1;/p-1. The zero-order valence-electron chi connectivity index (χ0n) is 7.45. The van der Waals surface area contributed by atoms with E-state index in [4.69, 9.17) is 10.3 Å². The summed E-state index contributed by atoms with van der Waals surface area (Å²) in [6.45, 7) is 0. The molecule has 0 radical (unpaired) electrons. The summed E-state index contributed by atoms with van der Waals surface area (Å²) in [4.78, 5) is 0. The molecular weight excluding hydrogens is 190 g/mol. The highest BCUT2D eigenvalue weighted by Crippen LogP contribution is 2.23. The molecule has 2 rings (SSSR count). The molecule has 5 heteroatoms. The van der Waals surface area contributed by atoms with E-state index < -0.39 is 0 Å². The van der Waals surface area contributed by atoms with Crippen LogP contribution in [0.3, 0.4) is 0 Å². The maximum Gasteiger partial charge on any atom is 0.293 e. The number of halogens is 1. The summed E-state index contributed by atoms with van der Waals surface area (Å²) in [7, 11) is 0. The van der Waals surface area contributed by atoms with E-state index in [1.165, 1.54) is 32.1 Å².